The first-order chi connectivity index (χ1) is 8.66. The van der Waals surface area contributed by atoms with Crippen molar-refractivity contribution in [3.8, 4) is 0 Å². The summed E-state index contributed by atoms with van der Waals surface area (Å²) >= 11 is 0. The minimum Gasteiger partial charge on any atom is -0.374 e. The number of morpholine rings is 1. The third kappa shape index (κ3) is 3.24. The van der Waals surface area contributed by atoms with Crippen LogP contribution < -0.4 is 10.6 Å². The van der Waals surface area contributed by atoms with Gasteiger partial charge in [-0.1, -0.05) is 0 Å². The normalized spacial score (nSPS) is 19.6. The Balaban J connectivity index is 1.90. The van der Waals surface area contributed by atoms with E-state index in [0.717, 1.165) is 13.1 Å². The molecule has 1 atom stereocenters. The topological polar surface area (TPSA) is 76.1 Å². The molecule has 1 aliphatic rings. The molecule has 1 saturated heterocycles. The number of hydrogen-bond acceptors (Lipinski definition) is 5. The minimum atomic E-state index is -0.151. The molecule has 1 aliphatic heterocycles. The number of nitrogens with zero attached hydrogens (tertiary/aromatic N) is 2. The van der Waals surface area contributed by atoms with Crippen LogP contribution in [0.25, 0.3) is 0 Å². The molecule has 0 radical (unpaired) electrons. The van der Waals surface area contributed by atoms with Crippen LogP contribution in [0.3, 0.4) is 0 Å². The molecule has 0 saturated carbocycles. The van der Waals surface area contributed by atoms with E-state index in [-0.39, 0.29) is 12.0 Å². The number of aryl methyl sites for hydroxylation is 2. The summed E-state index contributed by atoms with van der Waals surface area (Å²) in [6.45, 7) is 6.43. The van der Waals surface area contributed by atoms with Crippen LogP contribution in [0.15, 0.2) is 6.20 Å². The first kappa shape index (κ1) is 12.9. The fourth-order valence-corrected chi connectivity index (χ4v) is 1.86. The third-order valence-corrected chi connectivity index (χ3v) is 2.84. The van der Waals surface area contributed by atoms with E-state index in [1.807, 2.05) is 6.92 Å². The van der Waals surface area contributed by atoms with Crippen molar-refractivity contribution in [2.75, 3.05) is 26.2 Å². The van der Waals surface area contributed by atoms with Gasteiger partial charge >= 0.3 is 0 Å². The van der Waals surface area contributed by atoms with E-state index in [1.54, 1.807) is 13.1 Å². The van der Waals surface area contributed by atoms with Gasteiger partial charge in [0, 0.05) is 25.8 Å². The lowest BCUT2D eigenvalue weighted by Gasteiger charge is -2.23. The number of aromatic nitrogens is 2. The zero-order valence-electron chi connectivity index (χ0n) is 10.7. The van der Waals surface area contributed by atoms with Crippen LogP contribution in [0.4, 0.5) is 0 Å². The van der Waals surface area contributed by atoms with E-state index in [2.05, 4.69) is 20.6 Å². The van der Waals surface area contributed by atoms with Gasteiger partial charge in [0.05, 0.1) is 24.0 Å². The first-order valence-electron chi connectivity index (χ1n) is 6.07. The second-order valence-electron chi connectivity index (χ2n) is 4.32. The summed E-state index contributed by atoms with van der Waals surface area (Å²) in [6, 6.07) is 0. The van der Waals surface area contributed by atoms with Crippen LogP contribution in [0.5, 0.6) is 0 Å². The van der Waals surface area contributed by atoms with Crippen LogP contribution >= 0.6 is 0 Å². The van der Waals surface area contributed by atoms with Crippen LogP contribution in [0.1, 0.15) is 21.9 Å². The molecule has 0 spiro atoms. The lowest BCUT2D eigenvalue weighted by molar-refractivity contribution is 0.0287. The zero-order valence-corrected chi connectivity index (χ0v) is 10.7. The Labute approximate surface area is 106 Å². The molecule has 0 aromatic carbocycles. The van der Waals surface area contributed by atoms with Gasteiger partial charge in [-0.2, -0.15) is 0 Å². The summed E-state index contributed by atoms with van der Waals surface area (Å²) in [5, 5.41) is 6.06. The van der Waals surface area contributed by atoms with Crippen molar-refractivity contribution in [2.45, 2.75) is 20.0 Å². The van der Waals surface area contributed by atoms with Gasteiger partial charge in [0.25, 0.3) is 5.91 Å². The summed E-state index contributed by atoms with van der Waals surface area (Å²) in [7, 11) is 0. The molecule has 1 fully saturated rings. The fraction of sp³-hybridized carbons (Fsp3) is 0.583. The molecule has 1 aromatic heterocycles. The molecule has 18 heavy (non-hydrogen) atoms. The molecule has 0 aliphatic carbocycles. The molecule has 2 rings (SSSR count). The van der Waals surface area contributed by atoms with Crippen molar-refractivity contribution in [2.24, 2.45) is 0 Å². The van der Waals surface area contributed by atoms with Crippen molar-refractivity contribution < 1.29 is 9.53 Å². The van der Waals surface area contributed by atoms with Crippen LogP contribution in [-0.4, -0.2) is 48.2 Å². The molecule has 2 heterocycles. The van der Waals surface area contributed by atoms with Crippen LogP contribution in [-0.2, 0) is 4.74 Å². The Kier molecular flexibility index (Phi) is 4.22. The fourth-order valence-electron chi connectivity index (χ4n) is 1.86. The maximum Gasteiger partial charge on any atom is 0.254 e. The maximum absolute atomic E-state index is 12.0. The number of carbonyl (C=O) groups is 1. The summed E-state index contributed by atoms with van der Waals surface area (Å²) in [5.74, 6) is 0.519. The molecule has 98 valence electrons. The number of hydrogen-bond donors (Lipinski definition) is 2. The second kappa shape index (κ2) is 5.88. The van der Waals surface area contributed by atoms with Crippen molar-refractivity contribution in [3.63, 3.8) is 0 Å². The number of rotatable bonds is 3. The summed E-state index contributed by atoms with van der Waals surface area (Å²) in [4.78, 5) is 20.2. The molecule has 6 heteroatoms. The zero-order chi connectivity index (χ0) is 13.0. The summed E-state index contributed by atoms with van der Waals surface area (Å²) in [6.07, 6.45) is 1.60. The van der Waals surface area contributed by atoms with Gasteiger partial charge in [0.1, 0.15) is 5.82 Å². The Hall–Kier alpha value is -1.53. The highest BCUT2D eigenvalue weighted by atomic mass is 16.5. The molecule has 2 N–H and O–H groups in total. The maximum atomic E-state index is 12.0. The van der Waals surface area contributed by atoms with Crippen molar-refractivity contribution in [1.82, 2.24) is 20.6 Å². The van der Waals surface area contributed by atoms with E-state index < -0.39 is 0 Å². The van der Waals surface area contributed by atoms with Crippen molar-refractivity contribution in [3.05, 3.63) is 23.3 Å². The Morgan fingerprint density at radius 3 is 3.11 bits per heavy atom. The van der Waals surface area contributed by atoms with E-state index in [1.165, 1.54) is 0 Å². The standard InChI is InChI=1S/C12H18N4O2/c1-8-11(7-14-9(2)16-8)12(17)15-6-10-5-13-3-4-18-10/h7,10,13H,3-6H2,1-2H3,(H,15,17). The number of ether oxygens (including phenoxy) is 1. The van der Waals surface area contributed by atoms with Crippen LogP contribution in [0.2, 0.25) is 0 Å². The smallest absolute Gasteiger partial charge is 0.254 e. The summed E-state index contributed by atoms with van der Waals surface area (Å²) < 4.78 is 5.51. The molecule has 1 amide bonds. The van der Waals surface area contributed by atoms with E-state index >= 15 is 0 Å². The lowest BCUT2D eigenvalue weighted by Crippen LogP contribution is -2.45. The average Bonchev–Trinajstić information content (AvgIpc) is 2.37. The summed E-state index contributed by atoms with van der Waals surface area (Å²) in [5.41, 5.74) is 1.21. The Bertz CT molecular complexity index is 430. The quantitative estimate of drug-likeness (QED) is 0.777. The molecule has 6 nitrogen and oxygen atoms in total. The molecular weight excluding hydrogens is 232 g/mol. The number of carbonyl (C=O) groups excluding carboxylic acids is 1. The van der Waals surface area contributed by atoms with Gasteiger partial charge < -0.3 is 15.4 Å². The second-order valence-corrected chi connectivity index (χ2v) is 4.32. The van der Waals surface area contributed by atoms with Gasteiger partial charge in [0.2, 0.25) is 0 Å². The van der Waals surface area contributed by atoms with Gasteiger partial charge in [-0.15, -0.1) is 0 Å². The van der Waals surface area contributed by atoms with Gasteiger partial charge in [-0.25, -0.2) is 9.97 Å². The largest absolute Gasteiger partial charge is 0.374 e. The lowest BCUT2D eigenvalue weighted by atomic mass is 10.2. The van der Waals surface area contributed by atoms with E-state index in [0.29, 0.717) is 30.2 Å². The highest BCUT2D eigenvalue weighted by molar-refractivity contribution is 5.94. The first-order valence-corrected chi connectivity index (χ1v) is 6.07. The highest BCUT2D eigenvalue weighted by Gasteiger charge is 2.16. The highest BCUT2D eigenvalue weighted by Crippen LogP contribution is 2.04. The number of nitrogens with one attached hydrogen (secondary N) is 2. The average molecular weight is 250 g/mol. The molecule has 0 bridgehead atoms. The molecular formula is C12H18N4O2. The SMILES string of the molecule is Cc1ncc(C(=O)NCC2CNCCO2)c(C)n1. The minimum absolute atomic E-state index is 0.0365. The molecule has 1 aromatic rings. The van der Waals surface area contributed by atoms with Crippen molar-refractivity contribution in [1.29, 1.82) is 0 Å². The predicted octanol–water partition coefficient (Wildman–Crippen LogP) is -0.188. The van der Waals surface area contributed by atoms with Gasteiger partial charge in [-0.3, -0.25) is 4.79 Å². The Morgan fingerprint density at radius 1 is 1.61 bits per heavy atom. The Morgan fingerprint density at radius 2 is 2.44 bits per heavy atom. The van der Waals surface area contributed by atoms with E-state index in [4.69, 9.17) is 4.74 Å². The van der Waals surface area contributed by atoms with E-state index in [9.17, 15) is 4.79 Å². The predicted molar refractivity (Wildman–Crippen MR) is 66.4 cm³/mol. The monoisotopic (exact) mass is 250 g/mol. The van der Waals surface area contributed by atoms with Crippen molar-refractivity contribution >= 4 is 5.91 Å². The number of amides is 1. The van der Waals surface area contributed by atoms with Gasteiger partial charge in [0.15, 0.2) is 0 Å². The molecule has 1 unspecified atom stereocenters. The van der Waals surface area contributed by atoms with Gasteiger partial charge in [-0.05, 0) is 13.8 Å². The third-order valence-electron chi connectivity index (χ3n) is 2.84. The van der Waals surface area contributed by atoms with Crippen LogP contribution in [0, 0.1) is 13.8 Å².